The van der Waals surface area contributed by atoms with Crippen LogP contribution in [0.4, 0.5) is 0 Å². The van der Waals surface area contributed by atoms with Gasteiger partial charge in [-0.25, -0.2) is 9.67 Å². The maximum Gasteiger partial charge on any atom is 0.148 e. The smallest absolute Gasteiger partial charge is 0.148 e. The number of benzene rings is 1. The normalized spacial score (nSPS) is 12.8. The average Bonchev–Trinajstić information content (AvgIpc) is 2.57. The quantitative estimate of drug-likeness (QED) is 0.926. The molecule has 0 amide bonds. The minimum atomic E-state index is 0.0111. The van der Waals surface area contributed by atoms with E-state index in [4.69, 9.17) is 5.73 Å². The highest BCUT2D eigenvalue weighted by atomic mass is 79.9. The number of halogens is 1. The van der Waals surface area contributed by atoms with E-state index in [-0.39, 0.29) is 6.04 Å². The van der Waals surface area contributed by atoms with Crippen LogP contribution in [-0.4, -0.2) is 14.8 Å². The maximum absolute atomic E-state index is 5.87. The van der Waals surface area contributed by atoms with E-state index in [1.807, 2.05) is 43.7 Å². The van der Waals surface area contributed by atoms with Crippen molar-refractivity contribution in [2.45, 2.75) is 26.8 Å². The summed E-state index contributed by atoms with van der Waals surface area (Å²) in [5.74, 6) is 1.65. The third-order valence-corrected chi connectivity index (χ3v) is 3.28. The molecule has 17 heavy (non-hydrogen) atoms. The summed E-state index contributed by atoms with van der Waals surface area (Å²) in [4.78, 5) is 4.29. The molecule has 1 heterocycles. The highest BCUT2D eigenvalue weighted by Gasteiger charge is 2.09. The molecule has 2 N–H and O–H groups in total. The Morgan fingerprint density at radius 2 is 2.06 bits per heavy atom. The van der Waals surface area contributed by atoms with Crippen molar-refractivity contribution in [1.29, 1.82) is 0 Å². The minimum absolute atomic E-state index is 0.0111. The van der Waals surface area contributed by atoms with Crippen LogP contribution < -0.4 is 5.73 Å². The van der Waals surface area contributed by atoms with Gasteiger partial charge in [0.25, 0.3) is 0 Å². The van der Waals surface area contributed by atoms with Gasteiger partial charge in [0.2, 0.25) is 0 Å². The topological polar surface area (TPSA) is 56.7 Å². The molecule has 4 nitrogen and oxygen atoms in total. The first-order chi connectivity index (χ1) is 7.99. The van der Waals surface area contributed by atoms with Gasteiger partial charge in [-0.1, -0.05) is 22.0 Å². The van der Waals surface area contributed by atoms with Crippen LogP contribution in [0.1, 0.15) is 30.2 Å². The number of hydrogen-bond donors (Lipinski definition) is 1. The lowest BCUT2D eigenvalue weighted by Gasteiger charge is -2.10. The summed E-state index contributed by atoms with van der Waals surface area (Å²) in [6.07, 6.45) is 0. The monoisotopic (exact) mass is 294 g/mol. The lowest BCUT2D eigenvalue weighted by molar-refractivity contribution is 0.802. The summed E-state index contributed by atoms with van der Waals surface area (Å²) < 4.78 is 2.82. The predicted molar refractivity (Wildman–Crippen MR) is 71.1 cm³/mol. The molecule has 5 heteroatoms. The molecule has 0 bridgehead atoms. The SMILES string of the molecule is Cc1nc(C)n(-c2ccc([C@@H](C)N)c(Br)c2)n1. The molecule has 90 valence electrons. The molecule has 0 fully saturated rings. The van der Waals surface area contributed by atoms with E-state index in [1.54, 1.807) is 0 Å². The Morgan fingerprint density at radius 1 is 1.35 bits per heavy atom. The van der Waals surface area contributed by atoms with Crippen molar-refractivity contribution in [3.63, 3.8) is 0 Å². The van der Waals surface area contributed by atoms with Crippen molar-refractivity contribution in [3.8, 4) is 5.69 Å². The third-order valence-electron chi connectivity index (χ3n) is 2.59. The van der Waals surface area contributed by atoms with E-state index in [2.05, 4.69) is 26.0 Å². The Morgan fingerprint density at radius 3 is 2.53 bits per heavy atom. The highest BCUT2D eigenvalue weighted by Crippen LogP contribution is 2.25. The summed E-state index contributed by atoms with van der Waals surface area (Å²) >= 11 is 3.53. The molecule has 0 radical (unpaired) electrons. The van der Waals surface area contributed by atoms with Gasteiger partial charge in [0.05, 0.1) is 5.69 Å². The van der Waals surface area contributed by atoms with Gasteiger partial charge < -0.3 is 5.73 Å². The molecule has 1 atom stereocenters. The number of hydrogen-bond acceptors (Lipinski definition) is 3. The molecule has 0 spiro atoms. The van der Waals surface area contributed by atoms with Gasteiger partial charge >= 0.3 is 0 Å². The number of nitrogens with zero attached hydrogens (tertiary/aromatic N) is 3. The van der Waals surface area contributed by atoms with Crippen LogP contribution in [0.3, 0.4) is 0 Å². The van der Waals surface area contributed by atoms with Gasteiger partial charge in [-0.15, -0.1) is 0 Å². The maximum atomic E-state index is 5.87. The van der Waals surface area contributed by atoms with Gasteiger partial charge in [-0.3, -0.25) is 0 Å². The van der Waals surface area contributed by atoms with Crippen LogP contribution in [-0.2, 0) is 0 Å². The van der Waals surface area contributed by atoms with Gasteiger partial charge in [0.1, 0.15) is 11.6 Å². The van der Waals surface area contributed by atoms with Gasteiger partial charge in [-0.2, -0.15) is 5.10 Å². The van der Waals surface area contributed by atoms with Crippen molar-refractivity contribution in [2.75, 3.05) is 0 Å². The second-order valence-electron chi connectivity index (χ2n) is 4.11. The molecular formula is C12H15BrN4. The molecule has 1 aromatic carbocycles. The fraction of sp³-hybridized carbons (Fsp3) is 0.333. The number of aryl methyl sites for hydroxylation is 2. The summed E-state index contributed by atoms with van der Waals surface area (Å²) in [5, 5.41) is 4.35. The predicted octanol–water partition coefficient (Wildman–Crippen LogP) is 2.67. The lowest BCUT2D eigenvalue weighted by atomic mass is 10.1. The van der Waals surface area contributed by atoms with Gasteiger partial charge in [0.15, 0.2) is 0 Å². The molecule has 0 aliphatic carbocycles. The van der Waals surface area contributed by atoms with Gasteiger partial charge in [-0.05, 0) is 38.5 Å². The van der Waals surface area contributed by atoms with Crippen LogP contribution in [0.15, 0.2) is 22.7 Å². The molecule has 0 saturated heterocycles. The van der Waals surface area contributed by atoms with E-state index >= 15 is 0 Å². The first kappa shape index (κ1) is 12.3. The lowest BCUT2D eigenvalue weighted by Crippen LogP contribution is -2.07. The Bertz CT molecular complexity index is 545. The summed E-state index contributed by atoms with van der Waals surface area (Å²) in [6, 6.07) is 6.04. The van der Waals surface area contributed by atoms with E-state index in [9.17, 15) is 0 Å². The first-order valence-electron chi connectivity index (χ1n) is 5.44. The van der Waals surface area contributed by atoms with Crippen LogP contribution in [0.5, 0.6) is 0 Å². The summed E-state index contributed by atoms with van der Waals surface area (Å²) in [6.45, 7) is 5.78. The van der Waals surface area contributed by atoms with Gasteiger partial charge in [0, 0.05) is 10.5 Å². The fourth-order valence-electron chi connectivity index (χ4n) is 1.78. The summed E-state index contributed by atoms with van der Waals surface area (Å²) in [7, 11) is 0. The molecule has 2 rings (SSSR count). The van der Waals surface area contributed by atoms with Crippen molar-refractivity contribution in [3.05, 3.63) is 39.9 Å². The van der Waals surface area contributed by atoms with Crippen LogP contribution in [0.2, 0.25) is 0 Å². The van der Waals surface area contributed by atoms with Crippen LogP contribution in [0, 0.1) is 13.8 Å². The van der Waals surface area contributed by atoms with Crippen molar-refractivity contribution < 1.29 is 0 Å². The van der Waals surface area contributed by atoms with Crippen molar-refractivity contribution in [1.82, 2.24) is 14.8 Å². The zero-order chi connectivity index (χ0) is 12.6. The fourth-order valence-corrected chi connectivity index (χ4v) is 2.51. The second kappa shape index (κ2) is 4.58. The largest absolute Gasteiger partial charge is 0.324 e. The Hall–Kier alpha value is -1.20. The average molecular weight is 295 g/mol. The number of rotatable bonds is 2. The van der Waals surface area contributed by atoms with Crippen molar-refractivity contribution >= 4 is 15.9 Å². The number of nitrogens with two attached hydrogens (primary N) is 1. The standard InChI is InChI=1S/C12H15BrN4/c1-7(14)11-5-4-10(6-12(11)13)17-9(3)15-8(2)16-17/h4-7H,14H2,1-3H3/t7-/m1/s1. The second-order valence-corrected chi connectivity index (χ2v) is 4.97. The third kappa shape index (κ3) is 2.40. The molecule has 0 unspecified atom stereocenters. The molecule has 0 aliphatic heterocycles. The van der Waals surface area contributed by atoms with E-state index in [0.29, 0.717) is 0 Å². The minimum Gasteiger partial charge on any atom is -0.324 e. The van der Waals surface area contributed by atoms with Crippen LogP contribution in [0.25, 0.3) is 5.69 Å². The molecule has 1 aromatic heterocycles. The zero-order valence-corrected chi connectivity index (χ0v) is 11.7. The van der Waals surface area contributed by atoms with Crippen LogP contribution >= 0.6 is 15.9 Å². The molecule has 2 aromatic rings. The zero-order valence-electron chi connectivity index (χ0n) is 10.1. The molecule has 0 saturated carbocycles. The molecular weight excluding hydrogens is 280 g/mol. The molecule has 0 aliphatic rings. The first-order valence-corrected chi connectivity index (χ1v) is 6.24. The van der Waals surface area contributed by atoms with E-state index in [0.717, 1.165) is 27.4 Å². The van der Waals surface area contributed by atoms with Crippen molar-refractivity contribution in [2.24, 2.45) is 5.73 Å². The summed E-state index contributed by atoms with van der Waals surface area (Å²) in [5.41, 5.74) is 7.94. The highest BCUT2D eigenvalue weighted by molar-refractivity contribution is 9.10. The number of aromatic nitrogens is 3. The van der Waals surface area contributed by atoms with E-state index in [1.165, 1.54) is 0 Å². The Balaban J connectivity index is 2.48. The van der Waals surface area contributed by atoms with E-state index < -0.39 is 0 Å². The Kier molecular flexibility index (Phi) is 3.31. The Labute approximate surface area is 109 Å².